The second-order valence-electron chi connectivity index (χ2n) is 8.38. The van der Waals surface area contributed by atoms with E-state index in [-0.39, 0.29) is 35.5 Å². The van der Waals surface area contributed by atoms with E-state index >= 15 is 0 Å². The smallest absolute Gasteiger partial charge is 0.254 e. The molecule has 33 heavy (non-hydrogen) atoms. The summed E-state index contributed by atoms with van der Waals surface area (Å²) < 4.78 is 12.7. The van der Waals surface area contributed by atoms with Crippen molar-refractivity contribution in [2.24, 2.45) is 28.8 Å². The van der Waals surface area contributed by atoms with Crippen molar-refractivity contribution in [1.82, 2.24) is 5.01 Å². The molecule has 6 nitrogen and oxygen atoms in total. The molecule has 2 aromatic rings. The van der Waals surface area contributed by atoms with Crippen LogP contribution in [-0.2, 0) is 16.2 Å². The Morgan fingerprint density at radius 3 is 2.48 bits per heavy atom. The van der Waals surface area contributed by atoms with Gasteiger partial charge in [0.15, 0.2) is 11.5 Å². The van der Waals surface area contributed by atoms with Crippen LogP contribution in [-0.4, -0.2) is 29.6 Å². The Balaban J connectivity index is 1.36. The first kappa shape index (κ1) is 22.4. The molecule has 0 N–H and O–H groups in total. The fourth-order valence-electron chi connectivity index (χ4n) is 4.96. The van der Waals surface area contributed by atoms with Crippen LogP contribution in [0, 0.1) is 27.2 Å². The highest BCUT2D eigenvalue weighted by Gasteiger charge is 2.59. The van der Waals surface area contributed by atoms with Gasteiger partial charge in [-0.3, -0.25) is 9.59 Å². The van der Waals surface area contributed by atoms with E-state index in [4.69, 9.17) is 21.1 Å². The molecule has 0 unspecified atom stereocenters. The van der Waals surface area contributed by atoms with Gasteiger partial charge in [-0.25, -0.2) is 0 Å². The molecule has 2 fully saturated rings. The molecule has 2 amide bonds. The number of hydrazone groups is 1. The molecule has 0 aromatic heterocycles. The van der Waals surface area contributed by atoms with Gasteiger partial charge in [-0.2, -0.15) is 10.1 Å². The molecular formula is C25H22ClIN2O4. The van der Waals surface area contributed by atoms with Crippen molar-refractivity contribution in [3.05, 3.63) is 68.3 Å². The lowest BCUT2D eigenvalue weighted by Crippen LogP contribution is -2.28. The van der Waals surface area contributed by atoms with Crippen molar-refractivity contribution in [2.75, 3.05) is 6.61 Å². The zero-order valence-electron chi connectivity index (χ0n) is 17.9. The van der Waals surface area contributed by atoms with Gasteiger partial charge in [0, 0.05) is 10.6 Å². The molecule has 5 rings (SSSR count). The first-order valence-corrected chi connectivity index (χ1v) is 12.4. The predicted octanol–water partition coefficient (Wildman–Crippen LogP) is 5.06. The summed E-state index contributed by atoms with van der Waals surface area (Å²) >= 11 is 8.43. The van der Waals surface area contributed by atoms with Crippen LogP contribution in [0.3, 0.4) is 0 Å². The van der Waals surface area contributed by atoms with Crippen LogP contribution in [0.1, 0.15) is 24.5 Å². The third-order valence-corrected chi connectivity index (χ3v) is 7.60. The molecule has 2 bridgehead atoms. The maximum atomic E-state index is 12.8. The van der Waals surface area contributed by atoms with E-state index in [9.17, 15) is 9.59 Å². The zero-order chi connectivity index (χ0) is 23.1. The highest BCUT2D eigenvalue weighted by atomic mass is 127. The molecule has 2 aromatic carbocycles. The minimum atomic E-state index is -0.260. The summed E-state index contributed by atoms with van der Waals surface area (Å²) in [6.07, 6.45) is 6.58. The summed E-state index contributed by atoms with van der Waals surface area (Å²) in [5.41, 5.74) is 1.59. The average Bonchev–Trinajstić information content (AvgIpc) is 3.47. The summed E-state index contributed by atoms with van der Waals surface area (Å²) in [5, 5.41) is 5.97. The number of amides is 2. The number of hydrogen-bond acceptors (Lipinski definition) is 5. The molecule has 0 radical (unpaired) electrons. The fourth-order valence-corrected chi connectivity index (χ4v) is 5.93. The molecule has 170 valence electrons. The quantitative estimate of drug-likeness (QED) is 0.200. The van der Waals surface area contributed by atoms with Crippen LogP contribution in [0.4, 0.5) is 0 Å². The number of ether oxygens (including phenoxy) is 2. The maximum Gasteiger partial charge on any atom is 0.254 e. The maximum absolute atomic E-state index is 12.8. The third kappa shape index (κ3) is 4.05. The minimum absolute atomic E-state index is 0.164. The van der Waals surface area contributed by atoms with Gasteiger partial charge >= 0.3 is 0 Å². The van der Waals surface area contributed by atoms with Crippen LogP contribution < -0.4 is 9.47 Å². The van der Waals surface area contributed by atoms with E-state index in [0.29, 0.717) is 35.3 Å². The number of carbonyl (C=O) groups is 2. The lowest BCUT2D eigenvalue weighted by molar-refractivity contribution is -0.140. The Bertz CT molecular complexity index is 1150. The normalized spacial score (nSPS) is 25.4. The SMILES string of the molecule is CCOc1cc(/C=N\N2C(=O)[C@H]3[C@H](C2=O)[C@H]2C=C[C@H]3C2)cc(I)c1OCc1ccccc1Cl. The van der Waals surface area contributed by atoms with Gasteiger partial charge < -0.3 is 9.47 Å². The molecular weight excluding hydrogens is 555 g/mol. The topological polar surface area (TPSA) is 68.2 Å². The molecule has 1 heterocycles. The number of carbonyl (C=O) groups excluding carboxylic acids is 2. The van der Waals surface area contributed by atoms with Gasteiger partial charge in [0.2, 0.25) is 0 Å². The first-order valence-electron chi connectivity index (χ1n) is 10.9. The molecule has 0 spiro atoms. The van der Waals surface area contributed by atoms with Crippen molar-refractivity contribution in [3.63, 3.8) is 0 Å². The number of halogens is 2. The van der Waals surface area contributed by atoms with E-state index in [1.54, 1.807) is 6.07 Å². The number of rotatable bonds is 7. The summed E-state index contributed by atoms with van der Waals surface area (Å²) in [7, 11) is 0. The fraction of sp³-hybridized carbons (Fsp3) is 0.320. The van der Waals surface area contributed by atoms with E-state index in [1.165, 1.54) is 6.21 Å². The minimum Gasteiger partial charge on any atom is -0.490 e. The third-order valence-electron chi connectivity index (χ3n) is 6.43. The summed E-state index contributed by atoms with van der Waals surface area (Å²) in [4.78, 5) is 25.7. The van der Waals surface area contributed by atoms with Crippen LogP contribution in [0.2, 0.25) is 5.02 Å². The summed E-state index contributed by atoms with van der Waals surface area (Å²) in [5.74, 6) is 0.591. The molecule has 1 saturated heterocycles. The number of fused-ring (bicyclic) bond motifs is 5. The second-order valence-corrected chi connectivity index (χ2v) is 9.95. The highest BCUT2D eigenvalue weighted by molar-refractivity contribution is 14.1. The van der Waals surface area contributed by atoms with Gasteiger partial charge in [0.1, 0.15) is 6.61 Å². The molecule has 1 saturated carbocycles. The largest absolute Gasteiger partial charge is 0.490 e. The van der Waals surface area contributed by atoms with Crippen molar-refractivity contribution >= 4 is 52.2 Å². The Morgan fingerprint density at radius 1 is 1.12 bits per heavy atom. The Morgan fingerprint density at radius 2 is 1.82 bits per heavy atom. The lowest BCUT2D eigenvalue weighted by Gasteiger charge is -2.15. The van der Waals surface area contributed by atoms with Crippen molar-refractivity contribution < 1.29 is 19.1 Å². The van der Waals surface area contributed by atoms with E-state index in [0.717, 1.165) is 20.6 Å². The number of hydrogen-bond donors (Lipinski definition) is 0. The van der Waals surface area contributed by atoms with Gasteiger partial charge in [0.05, 0.1) is 28.2 Å². The summed E-state index contributed by atoms with van der Waals surface area (Å²) in [6, 6.07) is 11.2. The van der Waals surface area contributed by atoms with Gasteiger partial charge in [0.25, 0.3) is 11.8 Å². The van der Waals surface area contributed by atoms with E-state index in [2.05, 4.69) is 39.8 Å². The second kappa shape index (κ2) is 9.10. The zero-order valence-corrected chi connectivity index (χ0v) is 20.8. The highest BCUT2D eigenvalue weighted by Crippen LogP contribution is 2.52. The first-order chi connectivity index (χ1) is 16.0. The predicted molar refractivity (Wildman–Crippen MR) is 133 cm³/mol. The van der Waals surface area contributed by atoms with Crippen molar-refractivity contribution in [3.8, 4) is 11.5 Å². The van der Waals surface area contributed by atoms with Crippen LogP contribution in [0.5, 0.6) is 11.5 Å². The van der Waals surface area contributed by atoms with Gasteiger partial charge in [-0.05, 0) is 71.5 Å². The lowest BCUT2D eigenvalue weighted by atomic mass is 9.85. The monoisotopic (exact) mass is 576 g/mol. The number of benzene rings is 2. The summed E-state index contributed by atoms with van der Waals surface area (Å²) in [6.45, 7) is 2.66. The molecule has 4 atom stereocenters. The van der Waals surface area contributed by atoms with Crippen molar-refractivity contribution in [1.29, 1.82) is 0 Å². The molecule has 2 aliphatic carbocycles. The van der Waals surface area contributed by atoms with Crippen LogP contribution in [0.15, 0.2) is 53.7 Å². The van der Waals surface area contributed by atoms with Gasteiger partial charge in [-0.1, -0.05) is 42.0 Å². The van der Waals surface area contributed by atoms with Crippen LogP contribution >= 0.6 is 34.2 Å². The van der Waals surface area contributed by atoms with E-state index in [1.807, 2.05) is 37.3 Å². The Kier molecular flexibility index (Phi) is 6.18. The molecule has 1 aliphatic heterocycles. The Hall–Kier alpha value is -2.39. The molecule has 3 aliphatic rings. The van der Waals surface area contributed by atoms with E-state index < -0.39 is 0 Å². The van der Waals surface area contributed by atoms with Crippen molar-refractivity contribution in [2.45, 2.75) is 20.0 Å². The molecule has 8 heteroatoms. The number of allylic oxidation sites excluding steroid dienone is 2. The van der Waals surface area contributed by atoms with Gasteiger partial charge in [-0.15, -0.1) is 0 Å². The average molecular weight is 577 g/mol. The van der Waals surface area contributed by atoms with Crippen LogP contribution in [0.25, 0.3) is 0 Å². The Labute approximate surface area is 210 Å². The standard InChI is InChI=1S/C25H22ClIN2O4/c1-2-32-20-10-14(9-19(27)23(20)33-13-17-5-3-4-6-18(17)26)12-28-29-24(30)21-15-7-8-16(11-15)22(21)25(29)31/h3-10,12,15-16,21-22H,2,11,13H2,1H3/b28-12-/t15-,16-,21+,22+/m0/s1. The number of nitrogens with zero attached hydrogens (tertiary/aromatic N) is 2. The number of imide groups is 1.